The lowest BCUT2D eigenvalue weighted by molar-refractivity contribution is 0.102. The summed E-state index contributed by atoms with van der Waals surface area (Å²) in [6, 6.07) is 18.2. The normalized spacial score (nSPS) is 12.7. The summed E-state index contributed by atoms with van der Waals surface area (Å²) in [4.78, 5) is 26.2. The van der Waals surface area contributed by atoms with Crippen molar-refractivity contribution in [1.29, 1.82) is 0 Å². The molecule has 0 aliphatic heterocycles. The molecule has 5 nitrogen and oxygen atoms in total. The highest BCUT2D eigenvalue weighted by Crippen LogP contribution is 2.44. The van der Waals surface area contributed by atoms with Crippen LogP contribution in [-0.2, 0) is 12.8 Å². The Morgan fingerprint density at radius 2 is 1.54 bits per heavy atom. The molecule has 0 saturated carbocycles. The van der Waals surface area contributed by atoms with Gasteiger partial charge in [-0.15, -0.1) is 11.3 Å². The number of amides is 2. The lowest BCUT2D eigenvalue weighted by Gasteiger charge is -2.13. The van der Waals surface area contributed by atoms with Gasteiger partial charge in [0, 0.05) is 21.7 Å². The van der Waals surface area contributed by atoms with Crippen LogP contribution in [0.2, 0.25) is 0 Å². The minimum absolute atomic E-state index is 0.215. The Balaban J connectivity index is 1.57. The van der Waals surface area contributed by atoms with Crippen LogP contribution in [-0.4, -0.2) is 12.0 Å². The number of para-hydroxylation sites is 1. The van der Waals surface area contributed by atoms with Gasteiger partial charge in [0.1, 0.15) is 5.00 Å². The Morgan fingerprint density at radius 3 is 2.29 bits per heavy atom. The van der Waals surface area contributed by atoms with Crippen LogP contribution in [0, 0.1) is 0 Å². The highest BCUT2D eigenvalue weighted by atomic mass is 32.1. The first-order valence-electron chi connectivity index (χ1n) is 9.25. The number of fused-ring (bicyclic) bond motifs is 1. The molecule has 2 amide bonds. The average molecular weight is 392 g/mol. The van der Waals surface area contributed by atoms with Gasteiger partial charge in [0.15, 0.2) is 5.75 Å². The number of anilines is 2. The maximum absolute atomic E-state index is 12.6. The van der Waals surface area contributed by atoms with Gasteiger partial charge in [-0.1, -0.05) is 36.4 Å². The number of rotatable bonds is 4. The summed E-state index contributed by atoms with van der Waals surface area (Å²) in [5, 5.41) is 6.24. The van der Waals surface area contributed by atoms with Gasteiger partial charge in [-0.25, -0.2) is 4.79 Å². The van der Waals surface area contributed by atoms with E-state index >= 15 is 0 Å². The van der Waals surface area contributed by atoms with Crippen LogP contribution < -0.4 is 15.4 Å². The van der Waals surface area contributed by atoms with Crippen molar-refractivity contribution in [2.45, 2.75) is 25.7 Å². The summed E-state index contributed by atoms with van der Waals surface area (Å²) in [7, 11) is 0. The van der Waals surface area contributed by atoms with Gasteiger partial charge in [-0.3, -0.25) is 10.1 Å². The van der Waals surface area contributed by atoms with Crippen LogP contribution in [0.25, 0.3) is 0 Å². The van der Waals surface area contributed by atoms with Crippen molar-refractivity contribution in [3.05, 3.63) is 76.7 Å². The van der Waals surface area contributed by atoms with Crippen molar-refractivity contribution in [1.82, 2.24) is 0 Å². The molecule has 28 heavy (non-hydrogen) atoms. The topological polar surface area (TPSA) is 67.4 Å². The van der Waals surface area contributed by atoms with E-state index in [2.05, 4.69) is 10.6 Å². The van der Waals surface area contributed by atoms with Crippen LogP contribution in [0.15, 0.2) is 60.7 Å². The lowest BCUT2D eigenvalue weighted by Crippen LogP contribution is -2.19. The average Bonchev–Trinajstić information content (AvgIpc) is 3.06. The molecule has 1 aromatic heterocycles. The van der Waals surface area contributed by atoms with Crippen molar-refractivity contribution >= 4 is 34.0 Å². The smallest absolute Gasteiger partial charge is 0.407 e. The van der Waals surface area contributed by atoms with Gasteiger partial charge in [0.05, 0.1) is 0 Å². The fourth-order valence-electron chi connectivity index (χ4n) is 3.25. The summed E-state index contributed by atoms with van der Waals surface area (Å²) in [5.41, 5.74) is 2.25. The molecule has 0 radical (unpaired) electrons. The molecule has 2 N–H and O–H groups in total. The Kier molecular flexibility index (Phi) is 5.39. The third kappa shape index (κ3) is 4.07. The third-order valence-corrected chi connectivity index (χ3v) is 5.79. The second kappa shape index (κ2) is 8.27. The maximum atomic E-state index is 12.6. The first kappa shape index (κ1) is 18.3. The SMILES string of the molecule is O=C(Nc1ccccc1)Oc1c(NC(=O)c2ccccc2)sc2c1CCCC2. The molecule has 0 bridgehead atoms. The van der Waals surface area contributed by atoms with E-state index in [9.17, 15) is 9.59 Å². The van der Waals surface area contributed by atoms with Gasteiger partial charge in [-0.05, 0) is 49.9 Å². The van der Waals surface area contributed by atoms with E-state index in [1.807, 2.05) is 36.4 Å². The van der Waals surface area contributed by atoms with Crippen LogP contribution in [0.5, 0.6) is 5.75 Å². The van der Waals surface area contributed by atoms with Gasteiger partial charge in [0.2, 0.25) is 0 Å². The van der Waals surface area contributed by atoms with Crippen molar-refractivity contribution in [2.24, 2.45) is 0 Å². The van der Waals surface area contributed by atoms with Crippen molar-refractivity contribution < 1.29 is 14.3 Å². The Labute approximate surface area is 167 Å². The van der Waals surface area contributed by atoms with Crippen molar-refractivity contribution in [3.8, 4) is 5.75 Å². The summed E-state index contributed by atoms with van der Waals surface area (Å²) in [6.45, 7) is 0. The summed E-state index contributed by atoms with van der Waals surface area (Å²) in [6.07, 6.45) is 3.38. The molecule has 142 valence electrons. The molecule has 1 heterocycles. The van der Waals surface area contributed by atoms with Crippen LogP contribution in [0.1, 0.15) is 33.6 Å². The Morgan fingerprint density at radius 1 is 0.857 bits per heavy atom. The third-order valence-electron chi connectivity index (χ3n) is 4.60. The summed E-state index contributed by atoms with van der Waals surface area (Å²) >= 11 is 1.50. The van der Waals surface area contributed by atoms with E-state index in [4.69, 9.17) is 4.74 Å². The van der Waals surface area contributed by atoms with Gasteiger partial charge >= 0.3 is 6.09 Å². The highest BCUT2D eigenvalue weighted by molar-refractivity contribution is 7.17. The van der Waals surface area contributed by atoms with Crippen LogP contribution >= 0.6 is 11.3 Å². The van der Waals surface area contributed by atoms with E-state index in [1.54, 1.807) is 24.3 Å². The number of carbonyl (C=O) groups is 2. The standard InChI is InChI=1S/C22H20N2O3S/c25-20(15-9-3-1-4-10-15)24-21-19(17-13-7-8-14-18(17)28-21)27-22(26)23-16-11-5-2-6-12-16/h1-6,9-12H,7-8,13-14H2,(H,23,26)(H,24,25). The zero-order valence-corrected chi connectivity index (χ0v) is 16.1. The molecule has 0 fully saturated rings. The predicted molar refractivity (Wildman–Crippen MR) is 111 cm³/mol. The molecule has 0 unspecified atom stereocenters. The van der Waals surface area contributed by atoms with E-state index in [-0.39, 0.29) is 5.91 Å². The molecule has 1 aliphatic carbocycles. The number of benzene rings is 2. The van der Waals surface area contributed by atoms with E-state index < -0.39 is 6.09 Å². The van der Waals surface area contributed by atoms with Gasteiger partial charge < -0.3 is 10.1 Å². The summed E-state index contributed by atoms with van der Waals surface area (Å²) in [5.74, 6) is 0.255. The molecular weight excluding hydrogens is 372 g/mol. The number of carbonyl (C=O) groups excluding carboxylic acids is 2. The zero-order valence-electron chi connectivity index (χ0n) is 15.2. The molecule has 0 spiro atoms. The molecule has 0 atom stereocenters. The van der Waals surface area contributed by atoms with E-state index in [0.29, 0.717) is 22.0 Å². The maximum Gasteiger partial charge on any atom is 0.417 e. The second-order valence-corrected chi connectivity index (χ2v) is 7.68. The molecule has 0 saturated heterocycles. The number of ether oxygens (including phenoxy) is 1. The van der Waals surface area contributed by atoms with Crippen LogP contribution in [0.3, 0.4) is 0 Å². The number of nitrogens with one attached hydrogen (secondary N) is 2. The molecule has 1 aliphatic rings. The van der Waals surface area contributed by atoms with E-state index in [1.165, 1.54) is 16.2 Å². The Hall–Kier alpha value is -3.12. The first-order valence-corrected chi connectivity index (χ1v) is 10.1. The summed E-state index contributed by atoms with van der Waals surface area (Å²) < 4.78 is 5.67. The molecule has 4 rings (SSSR count). The minimum Gasteiger partial charge on any atom is -0.407 e. The molecule has 2 aromatic carbocycles. The highest BCUT2D eigenvalue weighted by Gasteiger charge is 2.25. The quantitative estimate of drug-likeness (QED) is 0.617. The molecular formula is C22H20N2O3S. The van der Waals surface area contributed by atoms with Crippen LogP contribution in [0.4, 0.5) is 15.5 Å². The zero-order chi connectivity index (χ0) is 19.3. The largest absolute Gasteiger partial charge is 0.417 e. The van der Waals surface area contributed by atoms with Crippen molar-refractivity contribution in [2.75, 3.05) is 10.6 Å². The minimum atomic E-state index is -0.562. The Bertz CT molecular complexity index is 984. The second-order valence-electron chi connectivity index (χ2n) is 6.57. The fraction of sp³-hybridized carbons (Fsp3) is 0.182. The molecule has 3 aromatic rings. The van der Waals surface area contributed by atoms with Crippen molar-refractivity contribution in [3.63, 3.8) is 0 Å². The predicted octanol–water partition coefficient (Wildman–Crippen LogP) is 5.49. The first-order chi connectivity index (χ1) is 13.7. The number of thiophene rings is 1. The number of hydrogen-bond acceptors (Lipinski definition) is 4. The molecule has 6 heteroatoms. The lowest BCUT2D eigenvalue weighted by atomic mass is 9.99. The van der Waals surface area contributed by atoms with Gasteiger partial charge in [0.25, 0.3) is 5.91 Å². The fourth-order valence-corrected chi connectivity index (χ4v) is 4.46. The monoisotopic (exact) mass is 392 g/mol. The van der Waals surface area contributed by atoms with E-state index in [0.717, 1.165) is 31.2 Å². The number of aryl methyl sites for hydroxylation is 1. The number of hydrogen-bond donors (Lipinski definition) is 2. The van der Waals surface area contributed by atoms with Gasteiger partial charge in [-0.2, -0.15) is 0 Å².